The van der Waals surface area contributed by atoms with E-state index < -0.39 is 5.69 Å². The predicted molar refractivity (Wildman–Crippen MR) is 110 cm³/mol. The van der Waals surface area contributed by atoms with E-state index in [1.54, 1.807) is 12.3 Å². The molecule has 8 heteroatoms. The molecule has 2 aromatic heterocycles. The van der Waals surface area contributed by atoms with Crippen molar-refractivity contribution >= 4 is 23.2 Å². The lowest BCUT2D eigenvalue weighted by Crippen LogP contribution is -2.32. The fourth-order valence-corrected chi connectivity index (χ4v) is 2.85. The van der Waals surface area contributed by atoms with Gasteiger partial charge in [0.15, 0.2) is 0 Å². The first-order chi connectivity index (χ1) is 14.1. The Labute approximate surface area is 166 Å². The van der Waals surface area contributed by atoms with Crippen LogP contribution in [0.4, 0.5) is 11.5 Å². The second-order valence-electron chi connectivity index (χ2n) is 6.68. The average molecular weight is 388 g/mol. The Morgan fingerprint density at radius 1 is 1.03 bits per heavy atom. The monoisotopic (exact) mass is 388 g/mol. The molecule has 0 unspecified atom stereocenters. The number of nitrogens with zero attached hydrogens (tertiary/aromatic N) is 4. The van der Waals surface area contributed by atoms with Gasteiger partial charge >= 0.3 is 5.69 Å². The minimum Gasteiger partial charge on any atom is -0.350 e. The van der Waals surface area contributed by atoms with Crippen molar-refractivity contribution in [1.29, 1.82) is 0 Å². The van der Waals surface area contributed by atoms with Gasteiger partial charge in [0, 0.05) is 18.4 Å². The zero-order valence-electron chi connectivity index (χ0n) is 15.9. The van der Waals surface area contributed by atoms with E-state index in [0.29, 0.717) is 12.4 Å². The van der Waals surface area contributed by atoms with Gasteiger partial charge in [-0.3, -0.25) is 4.79 Å². The third kappa shape index (κ3) is 4.32. The highest BCUT2D eigenvalue weighted by atomic mass is 16.2. The van der Waals surface area contributed by atoms with Gasteiger partial charge in [-0.05, 0) is 30.7 Å². The SMILES string of the molecule is Cc1ccc(CNC(=O)Cn2nc3nc(Nc4ccccc4)ccn3c2=O)cc1. The third-order valence-electron chi connectivity index (χ3n) is 4.40. The molecule has 0 saturated carbocycles. The number of benzene rings is 2. The second kappa shape index (κ2) is 7.97. The van der Waals surface area contributed by atoms with Crippen molar-refractivity contribution in [3.8, 4) is 0 Å². The van der Waals surface area contributed by atoms with Crippen LogP contribution in [0.25, 0.3) is 5.78 Å². The first kappa shape index (κ1) is 18.4. The number of hydrogen-bond acceptors (Lipinski definition) is 5. The van der Waals surface area contributed by atoms with Crippen molar-refractivity contribution in [1.82, 2.24) is 24.5 Å². The Morgan fingerprint density at radius 3 is 2.55 bits per heavy atom. The van der Waals surface area contributed by atoms with Crippen molar-refractivity contribution in [2.24, 2.45) is 0 Å². The molecule has 8 nitrogen and oxygen atoms in total. The second-order valence-corrected chi connectivity index (χ2v) is 6.68. The lowest BCUT2D eigenvalue weighted by molar-refractivity contribution is -0.122. The highest BCUT2D eigenvalue weighted by molar-refractivity contribution is 5.75. The number of nitrogens with one attached hydrogen (secondary N) is 2. The van der Waals surface area contributed by atoms with E-state index in [-0.39, 0.29) is 18.2 Å². The van der Waals surface area contributed by atoms with Crippen LogP contribution >= 0.6 is 0 Å². The summed E-state index contributed by atoms with van der Waals surface area (Å²) < 4.78 is 2.42. The van der Waals surface area contributed by atoms with E-state index in [0.717, 1.165) is 21.5 Å². The topological polar surface area (TPSA) is 93.3 Å². The van der Waals surface area contributed by atoms with Gasteiger partial charge in [0.05, 0.1) is 0 Å². The van der Waals surface area contributed by atoms with Gasteiger partial charge in [0.25, 0.3) is 5.78 Å². The largest absolute Gasteiger partial charge is 0.352 e. The Kier molecular flexibility index (Phi) is 5.07. The predicted octanol–water partition coefficient (Wildman–Crippen LogP) is 2.26. The van der Waals surface area contributed by atoms with E-state index in [2.05, 4.69) is 20.7 Å². The van der Waals surface area contributed by atoms with Crippen LogP contribution in [0, 0.1) is 6.92 Å². The van der Waals surface area contributed by atoms with Crippen LogP contribution in [0.2, 0.25) is 0 Å². The Morgan fingerprint density at radius 2 is 1.79 bits per heavy atom. The summed E-state index contributed by atoms with van der Waals surface area (Å²) in [5.41, 5.74) is 2.61. The van der Waals surface area contributed by atoms with Gasteiger partial charge in [0.1, 0.15) is 12.4 Å². The van der Waals surface area contributed by atoms with Crippen LogP contribution in [0.3, 0.4) is 0 Å². The number of hydrogen-bond donors (Lipinski definition) is 2. The molecule has 0 atom stereocenters. The van der Waals surface area contributed by atoms with Crippen LogP contribution in [-0.4, -0.2) is 25.1 Å². The van der Waals surface area contributed by atoms with Crippen molar-refractivity contribution in [3.05, 3.63) is 88.5 Å². The molecule has 0 radical (unpaired) electrons. The first-order valence-corrected chi connectivity index (χ1v) is 9.19. The third-order valence-corrected chi connectivity index (χ3v) is 4.40. The van der Waals surface area contributed by atoms with Gasteiger partial charge in [0.2, 0.25) is 5.91 Å². The number of anilines is 2. The average Bonchev–Trinajstić information content (AvgIpc) is 3.03. The molecule has 0 spiro atoms. The minimum absolute atomic E-state index is 0.171. The number of carbonyl (C=O) groups excluding carboxylic acids is 1. The van der Waals surface area contributed by atoms with Gasteiger partial charge < -0.3 is 10.6 Å². The molecule has 0 aliphatic carbocycles. The molecule has 146 valence electrons. The summed E-state index contributed by atoms with van der Waals surface area (Å²) >= 11 is 0. The summed E-state index contributed by atoms with van der Waals surface area (Å²) in [7, 11) is 0. The summed E-state index contributed by atoms with van der Waals surface area (Å²) in [6, 6.07) is 19.1. The molecule has 0 fully saturated rings. The molecule has 4 rings (SSSR count). The number of amides is 1. The van der Waals surface area contributed by atoms with E-state index in [1.165, 1.54) is 4.40 Å². The van der Waals surface area contributed by atoms with Gasteiger partial charge in [-0.25, -0.2) is 13.9 Å². The van der Waals surface area contributed by atoms with Crippen molar-refractivity contribution in [3.63, 3.8) is 0 Å². The standard InChI is InChI=1S/C21H20N6O2/c1-15-7-9-16(10-8-15)13-22-19(28)14-27-21(29)26-12-11-18(24-20(26)25-27)23-17-5-3-2-4-6-17/h2-12H,13-14H2,1H3,(H,22,28)(H,23,24,25). The smallest absolute Gasteiger partial charge is 0.350 e. The van der Waals surface area contributed by atoms with E-state index >= 15 is 0 Å². The van der Waals surface area contributed by atoms with Crippen LogP contribution < -0.4 is 16.3 Å². The number of aromatic nitrogens is 4. The van der Waals surface area contributed by atoms with Gasteiger partial charge in [-0.2, -0.15) is 4.98 Å². The molecular weight excluding hydrogens is 368 g/mol. The van der Waals surface area contributed by atoms with E-state index in [9.17, 15) is 9.59 Å². The number of carbonyl (C=O) groups is 1. The Bertz CT molecular complexity index is 1200. The van der Waals surface area contributed by atoms with Crippen LogP contribution in [0.15, 0.2) is 71.7 Å². The van der Waals surface area contributed by atoms with Crippen molar-refractivity contribution in [2.75, 3.05) is 5.32 Å². The summed E-state index contributed by atoms with van der Waals surface area (Å²) in [5.74, 6) is 0.491. The lowest BCUT2D eigenvalue weighted by atomic mass is 10.1. The highest BCUT2D eigenvalue weighted by Gasteiger charge is 2.12. The molecule has 0 aliphatic rings. The Balaban J connectivity index is 1.45. The molecule has 0 bridgehead atoms. The maximum atomic E-state index is 12.5. The quantitative estimate of drug-likeness (QED) is 0.528. The zero-order valence-corrected chi connectivity index (χ0v) is 15.9. The summed E-state index contributed by atoms with van der Waals surface area (Å²) in [6.07, 6.45) is 1.59. The molecule has 2 aromatic carbocycles. The van der Waals surface area contributed by atoms with Crippen LogP contribution in [0.5, 0.6) is 0 Å². The highest BCUT2D eigenvalue weighted by Crippen LogP contribution is 2.13. The Hall–Kier alpha value is -3.94. The molecule has 4 aromatic rings. The van der Waals surface area contributed by atoms with Crippen molar-refractivity contribution in [2.45, 2.75) is 20.0 Å². The van der Waals surface area contributed by atoms with E-state index in [4.69, 9.17) is 0 Å². The molecule has 1 amide bonds. The number of para-hydroxylation sites is 1. The molecule has 29 heavy (non-hydrogen) atoms. The number of aryl methyl sites for hydroxylation is 1. The number of rotatable bonds is 6. The molecule has 0 saturated heterocycles. The molecule has 2 heterocycles. The van der Waals surface area contributed by atoms with Crippen LogP contribution in [0.1, 0.15) is 11.1 Å². The van der Waals surface area contributed by atoms with Crippen LogP contribution in [-0.2, 0) is 17.9 Å². The maximum Gasteiger partial charge on any atom is 0.352 e. The fourth-order valence-electron chi connectivity index (χ4n) is 2.85. The number of fused-ring (bicyclic) bond motifs is 1. The zero-order chi connectivity index (χ0) is 20.2. The summed E-state index contributed by atoms with van der Waals surface area (Å²) in [5, 5.41) is 10.1. The lowest BCUT2D eigenvalue weighted by Gasteiger charge is -2.05. The fraction of sp³-hybridized carbons (Fsp3) is 0.143. The molecule has 2 N–H and O–H groups in total. The van der Waals surface area contributed by atoms with Crippen molar-refractivity contribution < 1.29 is 4.79 Å². The van der Waals surface area contributed by atoms with Gasteiger partial charge in [-0.1, -0.05) is 48.0 Å². The molecule has 0 aliphatic heterocycles. The first-order valence-electron chi connectivity index (χ1n) is 9.19. The van der Waals surface area contributed by atoms with E-state index in [1.807, 2.05) is 61.5 Å². The minimum atomic E-state index is -0.413. The molecular formula is C21H20N6O2. The maximum absolute atomic E-state index is 12.5. The summed E-state index contributed by atoms with van der Waals surface area (Å²) in [6.45, 7) is 2.23. The normalized spacial score (nSPS) is 10.8. The van der Waals surface area contributed by atoms with Gasteiger partial charge in [-0.15, -0.1) is 5.10 Å². The summed E-state index contributed by atoms with van der Waals surface area (Å²) in [4.78, 5) is 29.1.